The van der Waals surface area contributed by atoms with Crippen molar-refractivity contribution in [2.24, 2.45) is 5.92 Å². The normalized spacial score (nSPS) is 31.1. The number of carboxylic acid groups (broad SMARTS) is 1. The fourth-order valence-electron chi connectivity index (χ4n) is 3.30. The van der Waals surface area contributed by atoms with Crippen molar-refractivity contribution in [3.8, 4) is 0 Å². The van der Waals surface area contributed by atoms with Gasteiger partial charge in [0.15, 0.2) is 0 Å². The van der Waals surface area contributed by atoms with E-state index in [1.54, 1.807) is 0 Å². The number of hydrogen-bond acceptors (Lipinski definition) is 2. The number of hydrogen-bond donors (Lipinski definition) is 3. The van der Waals surface area contributed by atoms with Crippen LogP contribution in [-0.4, -0.2) is 29.3 Å². The van der Waals surface area contributed by atoms with Crippen LogP contribution in [0.15, 0.2) is 36.4 Å². The van der Waals surface area contributed by atoms with Gasteiger partial charge >= 0.3 is 6.09 Å². The monoisotopic (exact) mass is 300 g/mol. The summed E-state index contributed by atoms with van der Waals surface area (Å²) in [4.78, 5) is 10.6. The van der Waals surface area contributed by atoms with Gasteiger partial charge in [0.05, 0.1) is 0 Å². The van der Waals surface area contributed by atoms with E-state index in [9.17, 15) is 4.79 Å². The summed E-state index contributed by atoms with van der Waals surface area (Å²) in [5, 5.41) is 15.1. The Balaban J connectivity index is 1.38. The predicted octanol–water partition coefficient (Wildman–Crippen LogP) is 3.26. The molecule has 0 aromatic heterocycles. The van der Waals surface area contributed by atoms with E-state index in [-0.39, 0.29) is 6.04 Å². The molecule has 2 aliphatic carbocycles. The maximum Gasteiger partial charge on any atom is 0.404 e. The second-order valence-corrected chi connectivity index (χ2v) is 6.44. The van der Waals surface area contributed by atoms with Gasteiger partial charge in [-0.15, -0.1) is 0 Å². The molecule has 2 saturated carbocycles. The Morgan fingerprint density at radius 2 is 1.77 bits per heavy atom. The molecular formula is C18H24N2O2. The van der Waals surface area contributed by atoms with Gasteiger partial charge < -0.3 is 15.7 Å². The fraction of sp³-hybridized carbons (Fsp3) is 0.500. The van der Waals surface area contributed by atoms with E-state index in [2.05, 4.69) is 47.1 Å². The summed E-state index contributed by atoms with van der Waals surface area (Å²) in [6.45, 7) is 0. The number of amides is 1. The zero-order chi connectivity index (χ0) is 15.4. The summed E-state index contributed by atoms with van der Waals surface area (Å²) >= 11 is 0. The van der Waals surface area contributed by atoms with E-state index in [4.69, 9.17) is 5.11 Å². The Labute approximate surface area is 131 Å². The number of rotatable bonds is 5. The molecule has 0 heterocycles. The average molecular weight is 300 g/mol. The van der Waals surface area contributed by atoms with Gasteiger partial charge in [-0.25, -0.2) is 4.79 Å². The van der Waals surface area contributed by atoms with E-state index in [0.717, 1.165) is 25.7 Å². The highest BCUT2D eigenvalue weighted by Gasteiger charge is 2.36. The molecule has 4 heteroatoms. The molecule has 1 aromatic carbocycles. The third kappa shape index (κ3) is 4.34. The van der Waals surface area contributed by atoms with Crippen molar-refractivity contribution in [1.29, 1.82) is 0 Å². The van der Waals surface area contributed by atoms with Crippen LogP contribution >= 0.6 is 0 Å². The van der Waals surface area contributed by atoms with Gasteiger partial charge in [-0.2, -0.15) is 0 Å². The summed E-state index contributed by atoms with van der Waals surface area (Å²) in [5.41, 5.74) is 1.26. The van der Waals surface area contributed by atoms with Crippen LogP contribution in [0.25, 0.3) is 6.08 Å². The molecular weight excluding hydrogens is 276 g/mol. The molecule has 1 amide bonds. The Kier molecular flexibility index (Phi) is 4.78. The molecule has 2 aliphatic rings. The van der Waals surface area contributed by atoms with Gasteiger partial charge in [-0.3, -0.25) is 0 Å². The maximum atomic E-state index is 10.6. The van der Waals surface area contributed by atoms with Gasteiger partial charge in [0.25, 0.3) is 0 Å². The van der Waals surface area contributed by atoms with Crippen LogP contribution in [0.2, 0.25) is 0 Å². The fourth-order valence-corrected chi connectivity index (χ4v) is 3.30. The van der Waals surface area contributed by atoms with Gasteiger partial charge in [0, 0.05) is 18.1 Å². The molecule has 22 heavy (non-hydrogen) atoms. The molecule has 3 rings (SSSR count). The summed E-state index contributed by atoms with van der Waals surface area (Å²) in [7, 11) is 0. The SMILES string of the molecule is O=C(O)NC1CCC(NC2CC2C=Cc2ccccc2)CC1. The molecule has 2 fully saturated rings. The van der Waals surface area contributed by atoms with Gasteiger partial charge in [0.1, 0.15) is 0 Å². The molecule has 118 valence electrons. The first-order chi connectivity index (χ1) is 10.7. The van der Waals surface area contributed by atoms with Crippen molar-refractivity contribution in [1.82, 2.24) is 10.6 Å². The molecule has 3 N–H and O–H groups in total. The van der Waals surface area contributed by atoms with Crippen molar-refractivity contribution in [3.05, 3.63) is 42.0 Å². The molecule has 4 nitrogen and oxygen atoms in total. The minimum absolute atomic E-state index is 0.142. The smallest absolute Gasteiger partial charge is 0.404 e. The largest absolute Gasteiger partial charge is 0.465 e. The zero-order valence-corrected chi connectivity index (χ0v) is 12.7. The lowest BCUT2D eigenvalue weighted by Gasteiger charge is -2.29. The van der Waals surface area contributed by atoms with E-state index in [1.165, 1.54) is 12.0 Å². The van der Waals surface area contributed by atoms with Crippen molar-refractivity contribution < 1.29 is 9.90 Å². The Bertz CT molecular complexity index is 521. The summed E-state index contributed by atoms with van der Waals surface area (Å²) in [6.07, 6.45) is 8.86. The number of carbonyl (C=O) groups is 1. The minimum Gasteiger partial charge on any atom is -0.465 e. The Morgan fingerprint density at radius 3 is 2.45 bits per heavy atom. The molecule has 2 atom stereocenters. The molecule has 0 bridgehead atoms. The van der Waals surface area contributed by atoms with Crippen molar-refractivity contribution >= 4 is 12.2 Å². The highest BCUT2D eigenvalue weighted by atomic mass is 16.4. The minimum atomic E-state index is -0.898. The van der Waals surface area contributed by atoms with Gasteiger partial charge in [-0.1, -0.05) is 42.5 Å². The first kappa shape index (κ1) is 15.1. The summed E-state index contributed by atoms with van der Waals surface area (Å²) in [5.74, 6) is 0.648. The van der Waals surface area contributed by atoms with Crippen LogP contribution in [0.3, 0.4) is 0 Å². The maximum absolute atomic E-state index is 10.6. The van der Waals surface area contributed by atoms with Crippen LogP contribution < -0.4 is 10.6 Å². The topological polar surface area (TPSA) is 61.4 Å². The molecule has 0 saturated heterocycles. The summed E-state index contributed by atoms with van der Waals surface area (Å²) < 4.78 is 0. The number of nitrogens with one attached hydrogen (secondary N) is 2. The zero-order valence-electron chi connectivity index (χ0n) is 12.7. The predicted molar refractivity (Wildman–Crippen MR) is 87.7 cm³/mol. The molecule has 0 spiro atoms. The quantitative estimate of drug-likeness (QED) is 0.782. The second-order valence-electron chi connectivity index (χ2n) is 6.44. The highest BCUT2D eigenvalue weighted by Crippen LogP contribution is 2.34. The third-order valence-corrected chi connectivity index (χ3v) is 4.68. The van der Waals surface area contributed by atoms with E-state index >= 15 is 0 Å². The first-order valence-corrected chi connectivity index (χ1v) is 8.19. The first-order valence-electron chi connectivity index (χ1n) is 8.19. The lowest BCUT2D eigenvalue weighted by Crippen LogP contribution is -2.42. The lowest BCUT2D eigenvalue weighted by molar-refractivity contribution is 0.183. The van der Waals surface area contributed by atoms with Crippen LogP contribution in [-0.2, 0) is 0 Å². The van der Waals surface area contributed by atoms with Crippen molar-refractivity contribution in [3.63, 3.8) is 0 Å². The second kappa shape index (κ2) is 6.97. The standard InChI is InChI=1S/C18H24N2O2/c21-18(22)20-16-10-8-15(9-11-16)19-17-12-14(17)7-6-13-4-2-1-3-5-13/h1-7,14-17,19-20H,8-12H2,(H,21,22). The molecule has 0 radical (unpaired) electrons. The van der Waals surface area contributed by atoms with E-state index in [1.807, 2.05) is 6.07 Å². The van der Waals surface area contributed by atoms with Crippen molar-refractivity contribution in [2.45, 2.75) is 50.2 Å². The van der Waals surface area contributed by atoms with E-state index < -0.39 is 6.09 Å². The van der Waals surface area contributed by atoms with Crippen LogP contribution in [0.4, 0.5) is 4.79 Å². The Morgan fingerprint density at radius 1 is 1.09 bits per heavy atom. The summed E-state index contributed by atoms with van der Waals surface area (Å²) in [6, 6.07) is 11.7. The molecule has 0 aliphatic heterocycles. The van der Waals surface area contributed by atoms with Crippen LogP contribution in [0, 0.1) is 5.92 Å². The number of benzene rings is 1. The lowest BCUT2D eigenvalue weighted by atomic mass is 9.91. The van der Waals surface area contributed by atoms with E-state index in [0.29, 0.717) is 18.0 Å². The molecule has 1 aromatic rings. The Hall–Kier alpha value is -1.81. The van der Waals surface area contributed by atoms with Crippen LogP contribution in [0.5, 0.6) is 0 Å². The third-order valence-electron chi connectivity index (χ3n) is 4.68. The average Bonchev–Trinajstić information content (AvgIpc) is 3.26. The van der Waals surface area contributed by atoms with Crippen LogP contribution in [0.1, 0.15) is 37.7 Å². The van der Waals surface area contributed by atoms with Gasteiger partial charge in [-0.05, 0) is 43.6 Å². The highest BCUT2D eigenvalue weighted by molar-refractivity contribution is 5.64. The molecule has 2 unspecified atom stereocenters. The van der Waals surface area contributed by atoms with Crippen molar-refractivity contribution in [2.75, 3.05) is 0 Å². The van der Waals surface area contributed by atoms with Gasteiger partial charge in [0.2, 0.25) is 0 Å².